The summed E-state index contributed by atoms with van der Waals surface area (Å²) in [4.78, 5) is 2.33. The zero-order valence-electron chi connectivity index (χ0n) is 23.8. The Balaban J connectivity index is 1.28. The van der Waals surface area contributed by atoms with E-state index in [0.717, 1.165) is 28.4 Å². The van der Waals surface area contributed by atoms with Crippen molar-refractivity contribution in [2.45, 2.75) is 19.3 Å². The summed E-state index contributed by atoms with van der Waals surface area (Å²) >= 11 is 0. The van der Waals surface area contributed by atoms with Crippen LogP contribution in [0.15, 0.2) is 146 Å². The van der Waals surface area contributed by atoms with E-state index in [1.54, 1.807) is 0 Å². The molecule has 6 aromatic carbocycles. The van der Waals surface area contributed by atoms with Crippen molar-refractivity contribution >= 4 is 50.2 Å². The molecule has 1 N–H and O–H groups in total. The molecule has 0 unspecified atom stereocenters. The number of hydrogen-bond donors (Lipinski definition) is 1. The van der Waals surface area contributed by atoms with Crippen LogP contribution in [0.25, 0.3) is 27.5 Å². The Hall–Kier alpha value is -5.28. The van der Waals surface area contributed by atoms with Gasteiger partial charge in [0, 0.05) is 50.3 Å². The summed E-state index contributed by atoms with van der Waals surface area (Å²) in [6.07, 6.45) is 0. The number of hydrogen-bond acceptors (Lipinski definition) is 2. The summed E-state index contributed by atoms with van der Waals surface area (Å²) in [5, 5.41) is 6.32. The Morgan fingerprint density at radius 2 is 1.00 bits per heavy atom. The SMILES string of the molecule is CC1(C)c2cc(N(c3ccccc3)c3ccccc3)ccc2Nc2ccc(-n3c4ccccc4c4ccccc43)cc21. The lowest BCUT2D eigenvalue weighted by Gasteiger charge is -2.37. The molecule has 0 spiro atoms. The van der Waals surface area contributed by atoms with E-state index < -0.39 is 0 Å². The molecule has 0 saturated heterocycles. The lowest BCUT2D eigenvalue weighted by molar-refractivity contribution is 0.637. The molecule has 0 aliphatic carbocycles. The maximum Gasteiger partial charge on any atom is 0.0541 e. The van der Waals surface area contributed by atoms with Gasteiger partial charge in [-0.15, -0.1) is 0 Å². The van der Waals surface area contributed by atoms with Crippen LogP contribution in [-0.2, 0) is 5.41 Å². The molecule has 7 aromatic rings. The van der Waals surface area contributed by atoms with Crippen LogP contribution in [0.1, 0.15) is 25.0 Å². The Labute approximate surface area is 246 Å². The van der Waals surface area contributed by atoms with Crippen LogP contribution < -0.4 is 10.2 Å². The molecular weight excluding hydrogens is 510 g/mol. The van der Waals surface area contributed by atoms with Crippen molar-refractivity contribution in [1.82, 2.24) is 4.57 Å². The maximum absolute atomic E-state index is 3.76. The fourth-order valence-corrected chi connectivity index (χ4v) is 6.69. The van der Waals surface area contributed by atoms with Gasteiger partial charge in [-0.25, -0.2) is 0 Å². The van der Waals surface area contributed by atoms with Gasteiger partial charge in [-0.05, 0) is 83.9 Å². The number of aromatic nitrogens is 1. The molecule has 3 heteroatoms. The lowest BCUT2D eigenvalue weighted by atomic mass is 9.74. The van der Waals surface area contributed by atoms with Crippen molar-refractivity contribution in [2.75, 3.05) is 10.2 Å². The molecule has 1 aliphatic rings. The van der Waals surface area contributed by atoms with Crippen molar-refractivity contribution in [3.63, 3.8) is 0 Å². The molecule has 8 rings (SSSR count). The first-order chi connectivity index (χ1) is 20.6. The van der Waals surface area contributed by atoms with Crippen LogP contribution in [0.4, 0.5) is 28.4 Å². The minimum Gasteiger partial charge on any atom is -0.355 e. The van der Waals surface area contributed by atoms with Crippen LogP contribution in [0, 0.1) is 0 Å². The van der Waals surface area contributed by atoms with E-state index in [2.05, 4.69) is 174 Å². The zero-order chi connectivity index (χ0) is 28.3. The molecule has 0 saturated carbocycles. The third-order valence-electron chi connectivity index (χ3n) is 8.75. The summed E-state index contributed by atoms with van der Waals surface area (Å²) in [6, 6.07) is 52.3. The van der Waals surface area contributed by atoms with E-state index in [1.165, 1.54) is 38.6 Å². The molecule has 3 nitrogen and oxygen atoms in total. The van der Waals surface area contributed by atoms with Gasteiger partial charge in [0.05, 0.1) is 11.0 Å². The fourth-order valence-electron chi connectivity index (χ4n) is 6.69. The molecule has 2 heterocycles. The number of para-hydroxylation sites is 4. The first-order valence-electron chi connectivity index (χ1n) is 14.5. The van der Waals surface area contributed by atoms with Gasteiger partial charge in [0.25, 0.3) is 0 Å². The monoisotopic (exact) mass is 541 g/mol. The Kier molecular flexibility index (Phi) is 5.48. The number of nitrogens with one attached hydrogen (secondary N) is 1. The van der Waals surface area contributed by atoms with Crippen molar-refractivity contribution in [1.29, 1.82) is 0 Å². The van der Waals surface area contributed by atoms with Gasteiger partial charge in [0.1, 0.15) is 0 Å². The average molecular weight is 542 g/mol. The molecule has 202 valence electrons. The predicted molar refractivity (Wildman–Crippen MR) is 177 cm³/mol. The first kappa shape index (κ1) is 24.5. The van der Waals surface area contributed by atoms with Crippen molar-refractivity contribution in [2.24, 2.45) is 0 Å². The molecular formula is C39H31N3. The van der Waals surface area contributed by atoms with E-state index >= 15 is 0 Å². The van der Waals surface area contributed by atoms with Crippen LogP contribution >= 0.6 is 0 Å². The second kappa shape index (κ2) is 9.39. The van der Waals surface area contributed by atoms with Gasteiger partial charge in [-0.2, -0.15) is 0 Å². The molecule has 0 atom stereocenters. The van der Waals surface area contributed by atoms with Crippen LogP contribution in [0.3, 0.4) is 0 Å². The minimum absolute atomic E-state index is 0.222. The second-order valence-electron chi connectivity index (χ2n) is 11.6. The molecule has 1 aliphatic heterocycles. The van der Waals surface area contributed by atoms with Crippen molar-refractivity contribution in [3.05, 3.63) is 157 Å². The number of benzene rings is 6. The highest BCUT2D eigenvalue weighted by Gasteiger charge is 2.34. The number of nitrogens with zero attached hydrogens (tertiary/aromatic N) is 2. The summed E-state index contributed by atoms with van der Waals surface area (Å²) in [5.74, 6) is 0. The van der Waals surface area contributed by atoms with Gasteiger partial charge in [-0.1, -0.05) is 86.6 Å². The Morgan fingerprint density at radius 3 is 1.60 bits per heavy atom. The molecule has 1 aromatic heterocycles. The average Bonchev–Trinajstić information content (AvgIpc) is 3.37. The maximum atomic E-state index is 3.76. The topological polar surface area (TPSA) is 20.2 Å². The van der Waals surface area contributed by atoms with Gasteiger partial charge >= 0.3 is 0 Å². The highest BCUT2D eigenvalue weighted by Crippen LogP contribution is 2.48. The van der Waals surface area contributed by atoms with Crippen LogP contribution in [0.2, 0.25) is 0 Å². The number of anilines is 5. The number of rotatable bonds is 4. The van der Waals surface area contributed by atoms with E-state index in [1.807, 2.05) is 0 Å². The molecule has 42 heavy (non-hydrogen) atoms. The van der Waals surface area contributed by atoms with Gasteiger partial charge in [0.15, 0.2) is 0 Å². The molecule has 0 bridgehead atoms. The predicted octanol–water partition coefficient (Wildman–Crippen LogP) is 10.6. The highest BCUT2D eigenvalue weighted by atomic mass is 15.1. The van der Waals surface area contributed by atoms with Crippen molar-refractivity contribution in [3.8, 4) is 5.69 Å². The van der Waals surface area contributed by atoms with Crippen LogP contribution in [0.5, 0.6) is 0 Å². The van der Waals surface area contributed by atoms with Gasteiger partial charge in [-0.3, -0.25) is 0 Å². The normalized spacial score (nSPS) is 13.4. The Bertz CT molecular complexity index is 2000. The van der Waals surface area contributed by atoms with Crippen LogP contribution in [-0.4, -0.2) is 4.57 Å². The van der Waals surface area contributed by atoms with E-state index in [0.29, 0.717) is 0 Å². The number of fused-ring (bicyclic) bond motifs is 5. The molecule has 0 amide bonds. The third-order valence-corrected chi connectivity index (χ3v) is 8.75. The van der Waals surface area contributed by atoms with Gasteiger partial charge < -0.3 is 14.8 Å². The Morgan fingerprint density at radius 1 is 0.500 bits per heavy atom. The fraction of sp³-hybridized carbons (Fsp3) is 0.0769. The first-order valence-corrected chi connectivity index (χ1v) is 14.5. The summed E-state index contributed by atoms with van der Waals surface area (Å²) in [6.45, 7) is 4.70. The molecule has 0 radical (unpaired) electrons. The minimum atomic E-state index is -0.222. The van der Waals surface area contributed by atoms with Crippen molar-refractivity contribution < 1.29 is 0 Å². The second-order valence-corrected chi connectivity index (χ2v) is 11.6. The zero-order valence-corrected chi connectivity index (χ0v) is 23.8. The molecule has 0 fully saturated rings. The van der Waals surface area contributed by atoms with E-state index in [9.17, 15) is 0 Å². The van der Waals surface area contributed by atoms with Gasteiger partial charge in [0.2, 0.25) is 0 Å². The lowest BCUT2D eigenvalue weighted by Crippen LogP contribution is -2.26. The highest BCUT2D eigenvalue weighted by molar-refractivity contribution is 6.09. The quantitative estimate of drug-likeness (QED) is 0.239. The summed E-state index contributed by atoms with van der Waals surface area (Å²) in [5.41, 5.74) is 11.7. The smallest absolute Gasteiger partial charge is 0.0541 e. The van der Waals surface area contributed by atoms with E-state index in [-0.39, 0.29) is 5.41 Å². The standard InChI is InChI=1S/C39H31N3/c1-39(2)33-25-29(41(27-13-5-3-6-14-27)28-15-7-4-8-16-28)21-23-35(33)40-36-24-22-30(26-34(36)39)42-37-19-11-9-17-31(37)32-18-10-12-20-38(32)42/h3-26,40H,1-2H3. The summed E-state index contributed by atoms with van der Waals surface area (Å²) in [7, 11) is 0. The van der Waals surface area contributed by atoms with E-state index in [4.69, 9.17) is 0 Å². The summed E-state index contributed by atoms with van der Waals surface area (Å²) < 4.78 is 2.40. The third kappa shape index (κ3) is 3.74. The largest absolute Gasteiger partial charge is 0.355 e.